The first-order valence-corrected chi connectivity index (χ1v) is 8.80. The molecule has 1 saturated heterocycles. The number of amides is 2. The van der Waals surface area contributed by atoms with Crippen LogP contribution in [0.25, 0.3) is 0 Å². The Morgan fingerprint density at radius 1 is 1.09 bits per heavy atom. The number of carbonyl (C=O) groups excluding carboxylic acids is 1. The Hall–Kier alpha value is -1.59. The first kappa shape index (κ1) is 14.0. The van der Waals surface area contributed by atoms with Gasteiger partial charge >= 0.3 is 6.03 Å². The van der Waals surface area contributed by atoms with Crippen LogP contribution in [0.3, 0.4) is 0 Å². The van der Waals surface area contributed by atoms with E-state index in [0.717, 1.165) is 50.3 Å². The zero-order chi connectivity index (χ0) is 14.9. The summed E-state index contributed by atoms with van der Waals surface area (Å²) in [6.45, 7) is 0.822. The number of urea groups is 1. The molecule has 2 N–H and O–H groups in total. The molecule has 3 aliphatic rings. The number of rotatable bonds is 3. The maximum Gasteiger partial charge on any atom is 0.318 e. The van der Waals surface area contributed by atoms with Crippen molar-refractivity contribution in [2.75, 3.05) is 6.54 Å². The number of likely N-dealkylation sites (tertiary alicyclic amines) is 1. The second kappa shape index (κ2) is 5.89. The largest absolute Gasteiger partial charge is 0.335 e. The monoisotopic (exact) mass is 303 g/mol. The number of nitrogens with one attached hydrogen (secondary N) is 2. The van der Waals surface area contributed by atoms with Gasteiger partial charge in [0.15, 0.2) is 5.82 Å². The fourth-order valence-electron chi connectivity index (χ4n) is 3.75. The molecular formula is C16H25N5O. The average Bonchev–Trinajstić information content (AvgIpc) is 3.06. The van der Waals surface area contributed by atoms with Crippen molar-refractivity contribution >= 4 is 6.03 Å². The van der Waals surface area contributed by atoms with E-state index in [2.05, 4.69) is 20.5 Å². The summed E-state index contributed by atoms with van der Waals surface area (Å²) in [5.74, 6) is 2.37. The van der Waals surface area contributed by atoms with Crippen LogP contribution >= 0.6 is 0 Å². The Labute approximate surface area is 131 Å². The van der Waals surface area contributed by atoms with E-state index in [1.807, 2.05) is 4.90 Å². The summed E-state index contributed by atoms with van der Waals surface area (Å²) in [5, 5.41) is 10.7. The number of nitrogens with zero attached hydrogens (tertiary/aromatic N) is 3. The van der Waals surface area contributed by atoms with Crippen molar-refractivity contribution in [1.82, 2.24) is 25.4 Å². The molecule has 1 atom stereocenters. The summed E-state index contributed by atoms with van der Waals surface area (Å²) in [6.07, 6.45) is 10.3. The fraction of sp³-hybridized carbons (Fsp3) is 0.812. The Kier molecular flexibility index (Phi) is 3.76. The molecule has 2 saturated carbocycles. The number of hydrogen-bond donors (Lipinski definition) is 2. The summed E-state index contributed by atoms with van der Waals surface area (Å²) in [6, 6.07) is 0.517. The van der Waals surface area contributed by atoms with E-state index < -0.39 is 0 Å². The standard InChI is InChI=1S/C16H25N5O/c22-16(17-12-5-1-2-6-12)21-10-4-3-7-13(21)15-18-14(19-20-15)11-8-9-11/h11-13H,1-10H2,(H,17,22)(H,18,19,20). The first-order chi connectivity index (χ1) is 10.8. The first-order valence-electron chi connectivity index (χ1n) is 8.80. The average molecular weight is 303 g/mol. The Balaban J connectivity index is 1.46. The quantitative estimate of drug-likeness (QED) is 0.901. The molecule has 1 aromatic heterocycles. The molecule has 22 heavy (non-hydrogen) atoms. The van der Waals surface area contributed by atoms with Gasteiger partial charge < -0.3 is 10.2 Å². The van der Waals surface area contributed by atoms with Crippen LogP contribution in [0.5, 0.6) is 0 Å². The van der Waals surface area contributed by atoms with Crippen LogP contribution < -0.4 is 5.32 Å². The van der Waals surface area contributed by atoms with Gasteiger partial charge in [0.25, 0.3) is 0 Å². The molecule has 0 spiro atoms. The second-order valence-corrected chi connectivity index (χ2v) is 6.99. The minimum absolute atomic E-state index is 0.0650. The van der Waals surface area contributed by atoms with Gasteiger partial charge in [-0.3, -0.25) is 5.10 Å². The molecule has 0 aromatic carbocycles. The van der Waals surface area contributed by atoms with Crippen molar-refractivity contribution in [3.05, 3.63) is 11.6 Å². The lowest BCUT2D eigenvalue weighted by atomic mass is 10.0. The summed E-state index contributed by atoms with van der Waals surface area (Å²) >= 11 is 0. The maximum absolute atomic E-state index is 12.6. The molecule has 0 radical (unpaired) electrons. The van der Waals surface area contributed by atoms with E-state index in [4.69, 9.17) is 0 Å². The summed E-state index contributed by atoms with van der Waals surface area (Å²) in [4.78, 5) is 19.3. The Morgan fingerprint density at radius 3 is 2.64 bits per heavy atom. The number of carbonyl (C=O) groups is 1. The van der Waals surface area contributed by atoms with Crippen molar-refractivity contribution in [3.8, 4) is 0 Å². The highest BCUT2D eigenvalue weighted by Crippen LogP contribution is 2.39. The third-order valence-electron chi connectivity index (χ3n) is 5.22. The van der Waals surface area contributed by atoms with Gasteiger partial charge in [0, 0.05) is 18.5 Å². The number of aromatic amines is 1. The number of H-pyrrole nitrogens is 1. The van der Waals surface area contributed by atoms with Gasteiger partial charge in [-0.1, -0.05) is 12.8 Å². The van der Waals surface area contributed by atoms with Gasteiger partial charge in [-0.05, 0) is 44.9 Å². The lowest BCUT2D eigenvalue weighted by Gasteiger charge is -2.35. The van der Waals surface area contributed by atoms with Gasteiger partial charge in [0.05, 0.1) is 6.04 Å². The zero-order valence-electron chi connectivity index (χ0n) is 13.1. The highest BCUT2D eigenvalue weighted by Gasteiger charge is 2.34. The topological polar surface area (TPSA) is 73.9 Å². The molecule has 2 aliphatic carbocycles. The zero-order valence-corrected chi connectivity index (χ0v) is 13.1. The molecule has 6 nitrogen and oxygen atoms in total. The third kappa shape index (κ3) is 2.83. The molecule has 2 heterocycles. The lowest BCUT2D eigenvalue weighted by Crippen LogP contribution is -2.47. The molecule has 6 heteroatoms. The molecule has 1 aromatic rings. The highest BCUT2D eigenvalue weighted by atomic mass is 16.2. The van der Waals surface area contributed by atoms with Gasteiger partial charge in [-0.2, -0.15) is 5.10 Å². The van der Waals surface area contributed by atoms with Crippen LogP contribution in [-0.2, 0) is 0 Å². The second-order valence-electron chi connectivity index (χ2n) is 6.99. The SMILES string of the molecule is O=C(NC1CCCC1)N1CCCCC1c1nc(C2CC2)n[nH]1. The van der Waals surface area contributed by atoms with E-state index in [1.54, 1.807) is 0 Å². The predicted molar refractivity (Wildman–Crippen MR) is 82.4 cm³/mol. The molecule has 2 amide bonds. The molecule has 4 rings (SSSR count). The van der Waals surface area contributed by atoms with Gasteiger partial charge in [-0.25, -0.2) is 9.78 Å². The van der Waals surface area contributed by atoms with E-state index in [0.29, 0.717) is 12.0 Å². The van der Waals surface area contributed by atoms with Crippen LogP contribution in [-0.4, -0.2) is 38.7 Å². The number of hydrogen-bond acceptors (Lipinski definition) is 3. The van der Waals surface area contributed by atoms with Crippen LogP contribution in [0.15, 0.2) is 0 Å². The fourth-order valence-corrected chi connectivity index (χ4v) is 3.75. The Bertz CT molecular complexity index is 532. The predicted octanol–water partition coefficient (Wildman–Crippen LogP) is 2.86. The lowest BCUT2D eigenvalue weighted by molar-refractivity contribution is 0.144. The summed E-state index contributed by atoms with van der Waals surface area (Å²) in [5.41, 5.74) is 0. The van der Waals surface area contributed by atoms with Gasteiger partial charge in [0.1, 0.15) is 5.82 Å². The summed E-state index contributed by atoms with van der Waals surface area (Å²) < 4.78 is 0. The maximum atomic E-state index is 12.6. The van der Waals surface area contributed by atoms with E-state index >= 15 is 0 Å². The van der Waals surface area contributed by atoms with Crippen molar-refractivity contribution < 1.29 is 4.79 Å². The molecule has 0 bridgehead atoms. The van der Waals surface area contributed by atoms with Crippen LogP contribution in [0.4, 0.5) is 4.79 Å². The smallest absolute Gasteiger partial charge is 0.318 e. The molecule has 120 valence electrons. The highest BCUT2D eigenvalue weighted by molar-refractivity contribution is 5.75. The van der Waals surface area contributed by atoms with Crippen molar-refractivity contribution in [2.45, 2.75) is 75.8 Å². The normalized spacial score (nSPS) is 26.4. The van der Waals surface area contributed by atoms with Crippen LogP contribution in [0.1, 0.15) is 81.4 Å². The van der Waals surface area contributed by atoms with Crippen molar-refractivity contribution in [3.63, 3.8) is 0 Å². The molecule has 3 fully saturated rings. The van der Waals surface area contributed by atoms with Crippen LogP contribution in [0, 0.1) is 0 Å². The van der Waals surface area contributed by atoms with Crippen LogP contribution in [0.2, 0.25) is 0 Å². The van der Waals surface area contributed by atoms with E-state index in [9.17, 15) is 4.79 Å². The van der Waals surface area contributed by atoms with Gasteiger partial charge in [-0.15, -0.1) is 0 Å². The molecule has 1 aliphatic heterocycles. The summed E-state index contributed by atoms with van der Waals surface area (Å²) in [7, 11) is 0. The number of piperidine rings is 1. The molecule has 1 unspecified atom stereocenters. The Morgan fingerprint density at radius 2 is 1.86 bits per heavy atom. The van der Waals surface area contributed by atoms with Crippen molar-refractivity contribution in [1.29, 1.82) is 0 Å². The minimum atomic E-state index is 0.0650. The van der Waals surface area contributed by atoms with Crippen molar-refractivity contribution in [2.24, 2.45) is 0 Å². The van der Waals surface area contributed by atoms with E-state index in [-0.39, 0.29) is 12.1 Å². The minimum Gasteiger partial charge on any atom is -0.335 e. The third-order valence-corrected chi connectivity index (χ3v) is 5.22. The van der Waals surface area contributed by atoms with E-state index in [1.165, 1.54) is 25.7 Å². The molecular weight excluding hydrogens is 278 g/mol. The van der Waals surface area contributed by atoms with Gasteiger partial charge in [0.2, 0.25) is 0 Å². The number of aromatic nitrogens is 3.